The predicted octanol–water partition coefficient (Wildman–Crippen LogP) is 4.39. The van der Waals surface area contributed by atoms with Gasteiger partial charge < -0.3 is 10.1 Å². The van der Waals surface area contributed by atoms with Gasteiger partial charge in [-0.2, -0.15) is 5.10 Å². The van der Waals surface area contributed by atoms with Crippen LogP contribution in [0, 0.1) is 6.92 Å². The molecule has 2 aromatic carbocycles. The molecule has 1 heterocycles. The van der Waals surface area contributed by atoms with Crippen LogP contribution < -0.4 is 10.1 Å². The molecule has 0 bridgehead atoms. The van der Waals surface area contributed by atoms with Gasteiger partial charge in [0.05, 0.1) is 17.8 Å². The number of nitrogens with one attached hydrogen (secondary N) is 2. The van der Waals surface area contributed by atoms with Crippen LogP contribution in [-0.4, -0.2) is 28.9 Å². The van der Waals surface area contributed by atoms with Crippen LogP contribution in [0.5, 0.6) is 5.75 Å². The highest BCUT2D eigenvalue weighted by atomic mass is 16.5. The Morgan fingerprint density at radius 2 is 1.88 bits per heavy atom. The maximum Gasteiger partial charge on any atom is 0.123 e. The van der Waals surface area contributed by atoms with Crippen molar-refractivity contribution in [1.82, 2.24) is 15.5 Å². The fourth-order valence-corrected chi connectivity index (χ4v) is 3.90. The van der Waals surface area contributed by atoms with Crippen molar-refractivity contribution in [3.8, 4) is 5.75 Å². The second-order valence-electron chi connectivity index (χ2n) is 7.30. The summed E-state index contributed by atoms with van der Waals surface area (Å²) in [5, 5.41) is 12.0. The summed E-state index contributed by atoms with van der Waals surface area (Å²) < 4.78 is 6.32. The molecule has 1 aromatic heterocycles. The largest absolute Gasteiger partial charge is 0.490 e. The van der Waals surface area contributed by atoms with Crippen molar-refractivity contribution in [3.63, 3.8) is 0 Å². The SMILES string of the molecule is Cc1c(OC2CCC(NCCc3ccccc3)CC2)ccc2[nH]ncc12. The van der Waals surface area contributed by atoms with Crippen molar-refractivity contribution in [1.29, 1.82) is 0 Å². The first-order valence-corrected chi connectivity index (χ1v) is 9.66. The highest BCUT2D eigenvalue weighted by Crippen LogP contribution is 2.30. The van der Waals surface area contributed by atoms with Crippen LogP contribution in [0.2, 0.25) is 0 Å². The third kappa shape index (κ3) is 3.91. The number of rotatable bonds is 6. The van der Waals surface area contributed by atoms with Crippen LogP contribution in [0.4, 0.5) is 0 Å². The first-order valence-electron chi connectivity index (χ1n) is 9.66. The van der Waals surface area contributed by atoms with E-state index < -0.39 is 0 Å². The number of hydrogen-bond acceptors (Lipinski definition) is 3. The molecule has 0 aliphatic heterocycles. The maximum absolute atomic E-state index is 6.32. The van der Waals surface area contributed by atoms with Gasteiger partial charge in [-0.15, -0.1) is 0 Å². The minimum atomic E-state index is 0.324. The summed E-state index contributed by atoms with van der Waals surface area (Å²) in [5.41, 5.74) is 3.66. The van der Waals surface area contributed by atoms with Gasteiger partial charge in [0.1, 0.15) is 5.75 Å². The molecule has 136 valence electrons. The summed E-state index contributed by atoms with van der Waals surface area (Å²) >= 11 is 0. The fourth-order valence-electron chi connectivity index (χ4n) is 3.90. The minimum Gasteiger partial charge on any atom is -0.490 e. The van der Waals surface area contributed by atoms with Crippen LogP contribution in [-0.2, 0) is 6.42 Å². The number of aryl methyl sites for hydroxylation is 1. The summed E-state index contributed by atoms with van der Waals surface area (Å²) in [6.07, 6.45) is 7.91. The second-order valence-corrected chi connectivity index (χ2v) is 7.30. The van der Waals surface area contributed by atoms with Gasteiger partial charge in [-0.1, -0.05) is 30.3 Å². The Morgan fingerprint density at radius 3 is 2.69 bits per heavy atom. The van der Waals surface area contributed by atoms with E-state index in [0.29, 0.717) is 12.1 Å². The van der Waals surface area contributed by atoms with E-state index in [9.17, 15) is 0 Å². The van der Waals surface area contributed by atoms with E-state index >= 15 is 0 Å². The van der Waals surface area contributed by atoms with Gasteiger partial charge in [-0.25, -0.2) is 0 Å². The number of aromatic amines is 1. The molecule has 4 heteroatoms. The lowest BCUT2D eigenvalue weighted by Gasteiger charge is -2.30. The standard InChI is InChI=1S/C22H27N3O/c1-16-20-15-24-25-21(20)11-12-22(16)26-19-9-7-18(8-10-19)23-14-13-17-5-3-2-4-6-17/h2-6,11-12,15,18-19,23H,7-10,13-14H2,1H3,(H,24,25). The van der Waals surface area contributed by atoms with Gasteiger partial charge in [0.2, 0.25) is 0 Å². The van der Waals surface area contributed by atoms with E-state index in [-0.39, 0.29) is 0 Å². The summed E-state index contributed by atoms with van der Waals surface area (Å²) in [6.45, 7) is 3.17. The first-order chi connectivity index (χ1) is 12.8. The zero-order valence-electron chi connectivity index (χ0n) is 15.4. The van der Waals surface area contributed by atoms with Crippen LogP contribution >= 0.6 is 0 Å². The molecule has 2 N–H and O–H groups in total. The number of ether oxygens (including phenoxy) is 1. The zero-order valence-corrected chi connectivity index (χ0v) is 15.4. The Kier molecular flexibility index (Phi) is 5.21. The Hall–Kier alpha value is -2.33. The highest BCUT2D eigenvalue weighted by molar-refractivity contribution is 5.83. The molecular weight excluding hydrogens is 322 g/mol. The molecule has 4 nitrogen and oxygen atoms in total. The fraction of sp³-hybridized carbons (Fsp3) is 0.409. The summed E-state index contributed by atoms with van der Waals surface area (Å²) in [6, 6.07) is 15.4. The molecule has 0 atom stereocenters. The monoisotopic (exact) mass is 349 g/mol. The van der Waals surface area contributed by atoms with Gasteiger partial charge >= 0.3 is 0 Å². The van der Waals surface area contributed by atoms with Crippen molar-refractivity contribution in [2.24, 2.45) is 0 Å². The molecular formula is C22H27N3O. The van der Waals surface area contributed by atoms with Crippen molar-refractivity contribution >= 4 is 10.9 Å². The lowest BCUT2D eigenvalue weighted by atomic mass is 9.92. The Labute approximate surface area is 155 Å². The normalized spacial score (nSPS) is 20.3. The Morgan fingerprint density at radius 1 is 1.08 bits per heavy atom. The van der Waals surface area contributed by atoms with Crippen LogP contribution in [0.1, 0.15) is 36.8 Å². The summed E-state index contributed by atoms with van der Waals surface area (Å²) in [7, 11) is 0. The van der Waals surface area contributed by atoms with Crippen LogP contribution in [0.25, 0.3) is 10.9 Å². The lowest BCUT2D eigenvalue weighted by molar-refractivity contribution is 0.139. The summed E-state index contributed by atoms with van der Waals surface area (Å²) in [5.74, 6) is 0.999. The molecule has 3 aromatic rings. The number of nitrogens with zero attached hydrogens (tertiary/aromatic N) is 1. The first kappa shape index (κ1) is 17.1. The third-order valence-corrected chi connectivity index (χ3v) is 5.50. The molecule has 0 unspecified atom stereocenters. The average molecular weight is 349 g/mol. The van der Waals surface area contributed by atoms with Crippen molar-refractivity contribution in [3.05, 3.63) is 59.8 Å². The molecule has 0 saturated heterocycles. The summed E-state index contributed by atoms with van der Waals surface area (Å²) in [4.78, 5) is 0. The predicted molar refractivity (Wildman–Crippen MR) is 106 cm³/mol. The number of fused-ring (bicyclic) bond motifs is 1. The smallest absolute Gasteiger partial charge is 0.123 e. The minimum absolute atomic E-state index is 0.324. The second kappa shape index (κ2) is 7.92. The van der Waals surface area contributed by atoms with Gasteiger partial charge in [0.25, 0.3) is 0 Å². The van der Waals surface area contributed by atoms with E-state index in [1.807, 2.05) is 6.20 Å². The van der Waals surface area contributed by atoms with E-state index in [0.717, 1.165) is 42.5 Å². The van der Waals surface area contributed by atoms with Crippen LogP contribution in [0.3, 0.4) is 0 Å². The number of H-pyrrole nitrogens is 1. The molecule has 26 heavy (non-hydrogen) atoms. The highest BCUT2D eigenvalue weighted by Gasteiger charge is 2.22. The lowest BCUT2D eigenvalue weighted by Crippen LogP contribution is -2.37. The van der Waals surface area contributed by atoms with Gasteiger partial charge in [-0.3, -0.25) is 5.10 Å². The topological polar surface area (TPSA) is 49.9 Å². The van der Waals surface area contributed by atoms with Gasteiger partial charge in [-0.05, 0) is 63.3 Å². The molecule has 0 spiro atoms. The molecule has 1 saturated carbocycles. The van der Waals surface area contributed by atoms with Gasteiger partial charge in [0, 0.05) is 17.0 Å². The molecule has 1 aliphatic rings. The third-order valence-electron chi connectivity index (χ3n) is 5.50. The molecule has 4 rings (SSSR count). The van der Waals surface area contributed by atoms with Gasteiger partial charge in [0.15, 0.2) is 0 Å². The maximum atomic E-state index is 6.32. The quantitative estimate of drug-likeness (QED) is 0.694. The van der Waals surface area contributed by atoms with E-state index in [4.69, 9.17) is 4.74 Å². The number of benzene rings is 2. The van der Waals surface area contributed by atoms with E-state index in [1.165, 1.54) is 24.0 Å². The molecule has 0 amide bonds. The number of hydrogen-bond donors (Lipinski definition) is 2. The molecule has 0 radical (unpaired) electrons. The van der Waals surface area contributed by atoms with Crippen LogP contribution in [0.15, 0.2) is 48.7 Å². The average Bonchev–Trinajstić information content (AvgIpc) is 3.16. The van der Waals surface area contributed by atoms with E-state index in [2.05, 4.69) is 64.9 Å². The molecule has 1 fully saturated rings. The van der Waals surface area contributed by atoms with E-state index in [1.54, 1.807) is 0 Å². The number of aromatic nitrogens is 2. The van der Waals surface area contributed by atoms with Crippen molar-refractivity contribution in [2.75, 3.05) is 6.54 Å². The molecule has 1 aliphatic carbocycles. The van der Waals surface area contributed by atoms with Crippen molar-refractivity contribution in [2.45, 2.75) is 51.2 Å². The van der Waals surface area contributed by atoms with Crippen molar-refractivity contribution < 1.29 is 4.74 Å². The Bertz CT molecular complexity index is 835. The Balaban J connectivity index is 1.25. The zero-order chi connectivity index (χ0) is 17.8.